The van der Waals surface area contributed by atoms with Gasteiger partial charge in [0.15, 0.2) is 0 Å². The van der Waals surface area contributed by atoms with Crippen LogP contribution in [0.4, 0.5) is 0 Å². The van der Waals surface area contributed by atoms with Crippen LogP contribution >= 0.6 is 0 Å². The number of hydrogen-bond donors (Lipinski definition) is 2. The molecule has 55 heavy (non-hydrogen) atoms. The number of pyridine rings is 4. The first-order valence-electron chi connectivity index (χ1n) is 18.0. The highest BCUT2D eigenvalue weighted by molar-refractivity contribution is 6.04. The molecule has 0 aliphatic carbocycles. The molecule has 1 aliphatic heterocycles. The predicted molar refractivity (Wildman–Crippen MR) is 210 cm³/mol. The Morgan fingerprint density at radius 2 is 1.85 bits per heavy atom. The van der Waals surface area contributed by atoms with Gasteiger partial charge in [-0.15, -0.1) is 0 Å². The molecule has 1 saturated heterocycles. The highest BCUT2D eigenvalue weighted by atomic mass is 16.3. The van der Waals surface area contributed by atoms with Gasteiger partial charge in [0.2, 0.25) is 11.8 Å². The van der Waals surface area contributed by atoms with E-state index in [0.29, 0.717) is 28.8 Å². The lowest BCUT2D eigenvalue weighted by molar-refractivity contribution is -0.134. The van der Waals surface area contributed by atoms with Gasteiger partial charge >= 0.3 is 0 Å². The van der Waals surface area contributed by atoms with Gasteiger partial charge in [-0.3, -0.25) is 39.4 Å². The lowest BCUT2D eigenvalue weighted by atomic mass is 9.90. The maximum absolute atomic E-state index is 12.9. The summed E-state index contributed by atoms with van der Waals surface area (Å²) in [5.74, 6) is 4.77. The van der Waals surface area contributed by atoms with Crippen molar-refractivity contribution in [1.82, 2.24) is 30.2 Å². The summed E-state index contributed by atoms with van der Waals surface area (Å²) < 4.78 is 7.35. The smallest absolute Gasteiger partial charge is 0.270 e. The fourth-order valence-corrected chi connectivity index (χ4v) is 7.10. The van der Waals surface area contributed by atoms with E-state index >= 15 is 0 Å². The summed E-state index contributed by atoms with van der Waals surface area (Å²) >= 11 is 0. The topological polar surface area (TPSA) is 149 Å². The predicted octanol–water partition coefficient (Wildman–Crippen LogP) is 6.69. The van der Waals surface area contributed by atoms with Crippen LogP contribution in [0.2, 0.25) is 0 Å². The van der Waals surface area contributed by atoms with E-state index in [0.717, 1.165) is 55.1 Å². The second-order valence-corrected chi connectivity index (χ2v) is 14.1. The lowest BCUT2D eigenvalue weighted by Crippen LogP contribution is -2.39. The van der Waals surface area contributed by atoms with Crippen molar-refractivity contribution in [3.05, 3.63) is 124 Å². The largest absolute Gasteiger partial charge is 0.464 e. The van der Waals surface area contributed by atoms with E-state index in [4.69, 9.17) is 14.4 Å². The number of benzene rings is 2. The number of amides is 3. The summed E-state index contributed by atoms with van der Waals surface area (Å²) in [5.41, 5.74) is 7.84. The molecule has 1 unspecified atom stereocenters. The molecular weight excluding hydrogens is 693 g/mol. The Morgan fingerprint density at radius 3 is 2.64 bits per heavy atom. The zero-order chi connectivity index (χ0) is 38.4. The molecule has 5 aromatic heterocycles. The lowest BCUT2D eigenvalue weighted by Gasteiger charge is -2.19. The molecule has 0 bridgehead atoms. The van der Waals surface area contributed by atoms with E-state index < -0.39 is 5.92 Å². The van der Waals surface area contributed by atoms with E-state index in [9.17, 15) is 19.2 Å². The molecule has 11 heteroatoms. The van der Waals surface area contributed by atoms with Gasteiger partial charge in [-0.2, -0.15) is 0 Å². The average molecular weight is 729 g/mol. The maximum atomic E-state index is 12.9. The normalized spacial score (nSPS) is 14.3. The van der Waals surface area contributed by atoms with Crippen molar-refractivity contribution >= 4 is 50.4 Å². The number of piperidine rings is 1. The Kier molecular flexibility index (Phi) is 9.03. The number of fused-ring (bicyclic) bond motifs is 3. The van der Waals surface area contributed by atoms with Gasteiger partial charge in [-0.05, 0) is 73.2 Å². The van der Waals surface area contributed by atoms with E-state index in [1.54, 1.807) is 36.2 Å². The van der Waals surface area contributed by atoms with Crippen molar-refractivity contribution in [3.63, 3.8) is 0 Å². The third-order valence-corrected chi connectivity index (χ3v) is 10.1. The van der Waals surface area contributed by atoms with Crippen molar-refractivity contribution in [3.8, 4) is 34.4 Å². The SMILES string of the molecule is Cc1cc2c(-c3cccc4cc(-c5ccc(C(=O)NCC#Cc6ccc7occ(C8CCC(=O)NC8=O)c7c6)nc5)ncc34)nc(C(C)C)cc2n(C)c1=O. The Bertz CT molecular complexity index is 2840. The molecule has 1 aliphatic rings. The van der Waals surface area contributed by atoms with Gasteiger partial charge in [0.25, 0.3) is 11.5 Å². The summed E-state index contributed by atoms with van der Waals surface area (Å²) in [6.07, 6.45) is 5.72. The molecule has 3 amide bonds. The van der Waals surface area contributed by atoms with Crippen molar-refractivity contribution in [2.45, 2.75) is 45.4 Å². The first-order chi connectivity index (χ1) is 26.5. The fraction of sp³-hybridized carbons (Fsp3) is 0.205. The fourth-order valence-electron chi connectivity index (χ4n) is 7.10. The van der Waals surface area contributed by atoms with Crippen molar-refractivity contribution in [2.24, 2.45) is 7.05 Å². The third kappa shape index (κ3) is 6.63. The quantitative estimate of drug-likeness (QED) is 0.142. The van der Waals surface area contributed by atoms with Gasteiger partial charge in [-0.1, -0.05) is 43.9 Å². The second kappa shape index (κ2) is 14.1. The number of rotatable bonds is 6. The maximum Gasteiger partial charge on any atom is 0.270 e. The Labute approximate surface area is 315 Å². The Balaban J connectivity index is 0.985. The molecule has 8 rings (SSSR count). The van der Waals surface area contributed by atoms with Crippen molar-refractivity contribution in [1.29, 1.82) is 0 Å². The van der Waals surface area contributed by atoms with Crippen LogP contribution in [0.15, 0.2) is 94.6 Å². The number of nitrogens with zero attached hydrogens (tertiary/aromatic N) is 4. The number of carbonyl (C=O) groups is 3. The highest BCUT2D eigenvalue weighted by Gasteiger charge is 2.30. The first-order valence-corrected chi connectivity index (χ1v) is 18.0. The van der Waals surface area contributed by atoms with Gasteiger partial charge < -0.3 is 14.3 Å². The van der Waals surface area contributed by atoms with Crippen LogP contribution in [0.1, 0.15) is 71.4 Å². The summed E-state index contributed by atoms with van der Waals surface area (Å²) in [6.45, 7) is 6.10. The molecule has 0 spiro atoms. The Hall–Kier alpha value is -6.93. The van der Waals surface area contributed by atoms with Gasteiger partial charge in [-0.25, -0.2) is 0 Å². The molecule has 1 fully saturated rings. The van der Waals surface area contributed by atoms with E-state index in [1.807, 2.05) is 67.7 Å². The minimum absolute atomic E-state index is 0.0289. The highest BCUT2D eigenvalue weighted by Crippen LogP contribution is 2.36. The van der Waals surface area contributed by atoms with E-state index in [2.05, 4.69) is 41.3 Å². The molecule has 1 atom stereocenters. The third-order valence-electron chi connectivity index (χ3n) is 10.1. The van der Waals surface area contributed by atoms with E-state index in [1.165, 1.54) is 0 Å². The zero-order valence-electron chi connectivity index (χ0n) is 30.7. The molecule has 0 radical (unpaired) electrons. The molecule has 7 aromatic rings. The molecular formula is C44H36N6O5. The monoisotopic (exact) mass is 728 g/mol. The standard InChI is InChI=1S/C44H36N6O5/c1-24(2)36-20-38-32(17-25(3)44(54)50(38)4)41(48-36)29-9-5-8-27-19-37(47-22-33(27)29)28-11-13-35(46-21-28)43(53)45-16-6-7-26-10-14-39-31(18-26)34(23-55-39)30-12-15-40(51)49-42(30)52/h5,8-11,13-14,17-24,30H,12,15-16H2,1-4H3,(H,45,53)(H,49,51,52). The van der Waals surface area contributed by atoms with Crippen LogP contribution in [-0.4, -0.2) is 43.8 Å². The zero-order valence-corrected chi connectivity index (χ0v) is 30.7. The van der Waals surface area contributed by atoms with Crippen LogP contribution in [0.3, 0.4) is 0 Å². The number of imide groups is 1. The van der Waals surface area contributed by atoms with Crippen LogP contribution in [-0.2, 0) is 16.6 Å². The van der Waals surface area contributed by atoms with Crippen molar-refractivity contribution < 1.29 is 18.8 Å². The molecule has 2 N–H and O–H groups in total. The number of furan rings is 1. The van der Waals surface area contributed by atoms with E-state index in [-0.39, 0.29) is 47.9 Å². The molecule has 6 heterocycles. The summed E-state index contributed by atoms with van der Waals surface area (Å²) in [5, 5.41) is 8.75. The van der Waals surface area contributed by atoms with Crippen LogP contribution in [0.5, 0.6) is 0 Å². The number of hydrogen-bond acceptors (Lipinski definition) is 8. The van der Waals surface area contributed by atoms with Crippen LogP contribution in [0, 0.1) is 18.8 Å². The molecule has 272 valence electrons. The second-order valence-electron chi connectivity index (χ2n) is 14.1. The molecule has 11 nitrogen and oxygen atoms in total. The minimum Gasteiger partial charge on any atom is -0.464 e. The van der Waals surface area contributed by atoms with Gasteiger partial charge in [0.1, 0.15) is 11.3 Å². The molecule has 2 aromatic carbocycles. The number of aromatic nitrogens is 4. The number of aryl methyl sites for hydroxylation is 2. The molecule has 0 saturated carbocycles. The average Bonchev–Trinajstić information content (AvgIpc) is 3.61. The van der Waals surface area contributed by atoms with Crippen LogP contribution < -0.4 is 16.2 Å². The Morgan fingerprint density at radius 1 is 1.00 bits per heavy atom. The van der Waals surface area contributed by atoms with Crippen LogP contribution in [0.25, 0.3) is 55.2 Å². The van der Waals surface area contributed by atoms with Gasteiger partial charge in [0.05, 0.1) is 35.6 Å². The van der Waals surface area contributed by atoms with Gasteiger partial charge in [0, 0.05) is 75.5 Å². The van der Waals surface area contributed by atoms with Crippen molar-refractivity contribution in [2.75, 3.05) is 6.54 Å². The minimum atomic E-state index is -0.467. The number of nitrogens with one attached hydrogen (secondary N) is 2. The first kappa shape index (κ1) is 35.1. The number of carbonyl (C=O) groups excluding carboxylic acids is 3. The summed E-state index contributed by atoms with van der Waals surface area (Å²) in [4.78, 5) is 64.1. The summed E-state index contributed by atoms with van der Waals surface area (Å²) in [7, 11) is 1.80. The summed E-state index contributed by atoms with van der Waals surface area (Å²) in [6, 6.07) is 20.9.